The molecule has 1 aromatic rings. The van der Waals surface area contributed by atoms with E-state index in [-0.39, 0.29) is 18.4 Å². The molecule has 2 rings (SSSR count). The van der Waals surface area contributed by atoms with Crippen LogP contribution < -0.4 is 15.8 Å². The summed E-state index contributed by atoms with van der Waals surface area (Å²) in [7, 11) is -3.58. The first-order valence-electron chi connectivity index (χ1n) is 9.00. The van der Waals surface area contributed by atoms with Crippen molar-refractivity contribution in [2.45, 2.75) is 39.5 Å². The minimum Gasteiger partial charge on any atom is -0.325 e. The van der Waals surface area contributed by atoms with Crippen LogP contribution in [-0.4, -0.2) is 57.3 Å². The maximum absolute atomic E-state index is 13.2. The maximum atomic E-state index is 13.2. The lowest BCUT2D eigenvalue weighted by molar-refractivity contribution is -0.895. The van der Waals surface area contributed by atoms with E-state index in [2.05, 4.69) is 10.9 Å². The van der Waals surface area contributed by atoms with Gasteiger partial charge < -0.3 is 4.90 Å². The van der Waals surface area contributed by atoms with E-state index in [1.807, 2.05) is 33.8 Å². The molecule has 9 heteroatoms. The molecule has 0 unspecified atom stereocenters. The fourth-order valence-corrected chi connectivity index (χ4v) is 5.36. The van der Waals surface area contributed by atoms with Gasteiger partial charge in [0.25, 0.3) is 5.91 Å². The van der Waals surface area contributed by atoms with Gasteiger partial charge in [0, 0.05) is 6.92 Å². The lowest BCUT2D eigenvalue weighted by Gasteiger charge is -2.32. The van der Waals surface area contributed by atoms with Crippen molar-refractivity contribution < 1.29 is 22.9 Å². The van der Waals surface area contributed by atoms with Gasteiger partial charge in [-0.1, -0.05) is 6.07 Å². The van der Waals surface area contributed by atoms with Gasteiger partial charge >= 0.3 is 0 Å². The van der Waals surface area contributed by atoms with E-state index >= 15 is 0 Å². The van der Waals surface area contributed by atoms with Crippen LogP contribution in [0.5, 0.6) is 0 Å². The summed E-state index contributed by atoms with van der Waals surface area (Å²) in [6.07, 6.45) is 0. The van der Waals surface area contributed by atoms with Gasteiger partial charge in [0.2, 0.25) is 15.9 Å². The first kappa shape index (κ1) is 21.3. The number of sulfonamides is 1. The molecule has 0 bridgehead atoms. The summed E-state index contributed by atoms with van der Waals surface area (Å²) >= 11 is 0. The first-order chi connectivity index (χ1) is 12.5. The second kappa shape index (κ2) is 8.37. The molecule has 1 aliphatic rings. The highest BCUT2D eigenvalue weighted by molar-refractivity contribution is 7.89. The van der Waals surface area contributed by atoms with Crippen LogP contribution in [0.3, 0.4) is 0 Å². The van der Waals surface area contributed by atoms with Crippen LogP contribution in [0.25, 0.3) is 0 Å². The van der Waals surface area contributed by atoms with Gasteiger partial charge in [-0.05, 0) is 49.9 Å². The molecule has 0 saturated carbocycles. The van der Waals surface area contributed by atoms with Gasteiger partial charge in [0.05, 0.1) is 31.1 Å². The molecule has 8 nitrogen and oxygen atoms in total. The SMILES string of the molecule is CC(=O)NNC(=O)C[NH+]1CCN(S(=O)(=O)c2c(C)c(C)cc(C)c2C)CC1. The quantitative estimate of drug-likeness (QED) is 0.566. The minimum absolute atomic E-state index is 0.190. The Morgan fingerprint density at radius 2 is 1.56 bits per heavy atom. The van der Waals surface area contributed by atoms with Crippen molar-refractivity contribution in [1.82, 2.24) is 15.2 Å². The number of quaternary nitrogens is 1. The third kappa shape index (κ3) is 4.85. The molecule has 27 heavy (non-hydrogen) atoms. The molecule has 0 aliphatic carbocycles. The number of hydrazine groups is 1. The lowest BCUT2D eigenvalue weighted by Crippen LogP contribution is -3.16. The standard InChI is InChI=1S/C18H28N4O4S/c1-12-10-13(2)15(4)18(14(12)3)27(25,26)22-8-6-21(7-9-22)11-17(24)20-19-16(5)23/h10H,6-9,11H2,1-5H3,(H,19,23)(H,20,24)/p+1. The summed E-state index contributed by atoms with van der Waals surface area (Å²) in [5.41, 5.74) is 8.11. The van der Waals surface area contributed by atoms with Crippen molar-refractivity contribution in [2.75, 3.05) is 32.7 Å². The van der Waals surface area contributed by atoms with Crippen LogP contribution in [0.15, 0.2) is 11.0 Å². The number of hydrogen-bond acceptors (Lipinski definition) is 4. The number of nitrogens with one attached hydrogen (secondary N) is 3. The molecule has 2 amide bonds. The molecular formula is C18H29N4O4S+. The van der Waals surface area contributed by atoms with E-state index in [0.29, 0.717) is 31.1 Å². The molecule has 1 aromatic carbocycles. The van der Waals surface area contributed by atoms with E-state index in [1.54, 1.807) is 0 Å². The Bertz CT molecular complexity index is 817. The number of carbonyl (C=O) groups is 2. The van der Waals surface area contributed by atoms with Gasteiger partial charge in [-0.25, -0.2) is 8.42 Å². The highest BCUT2D eigenvalue weighted by atomic mass is 32.2. The summed E-state index contributed by atoms with van der Waals surface area (Å²) in [6, 6.07) is 2.01. The third-order valence-electron chi connectivity index (χ3n) is 5.11. The van der Waals surface area contributed by atoms with Crippen LogP contribution in [0.1, 0.15) is 29.2 Å². The van der Waals surface area contributed by atoms with Crippen molar-refractivity contribution in [3.8, 4) is 0 Å². The van der Waals surface area contributed by atoms with Crippen molar-refractivity contribution in [1.29, 1.82) is 0 Å². The minimum atomic E-state index is -3.58. The molecule has 1 fully saturated rings. The first-order valence-corrected chi connectivity index (χ1v) is 10.4. The van der Waals surface area contributed by atoms with Crippen molar-refractivity contribution in [2.24, 2.45) is 0 Å². The van der Waals surface area contributed by atoms with Crippen molar-refractivity contribution >= 4 is 21.8 Å². The normalized spacial score (nSPS) is 16.2. The molecule has 150 valence electrons. The Morgan fingerprint density at radius 1 is 1.04 bits per heavy atom. The fourth-order valence-electron chi connectivity index (χ4n) is 3.35. The van der Waals surface area contributed by atoms with Crippen LogP contribution >= 0.6 is 0 Å². The Labute approximate surface area is 160 Å². The topological polar surface area (TPSA) is 100 Å². The Kier molecular flexibility index (Phi) is 6.61. The molecule has 1 heterocycles. The number of hydrogen-bond donors (Lipinski definition) is 3. The highest BCUT2D eigenvalue weighted by Gasteiger charge is 2.33. The van der Waals surface area contributed by atoms with E-state index in [9.17, 15) is 18.0 Å². The van der Waals surface area contributed by atoms with Crippen molar-refractivity contribution in [3.63, 3.8) is 0 Å². The van der Waals surface area contributed by atoms with Gasteiger partial charge in [0.1, 0.15) is 0 Å². The van der Waals surface area contributed by atoms with Crippen LogP contribution in [0.4, 0.5) is 0 Å². The van der Waals surface area contributed by atoms with Crippen LogP contribution in [-0.2, 0) is 19.6 Å². The Balaban J connectivity index is 2.08. The molecule has 0 radical (unpaired) electrons. The molecule has 0 aromatic heterocycles. The zero-order valence-electron chi connectivity index (χ0n) is 16.6. The van der Waals surface area contributed by atoms with Gasteiger partial charge in [-0.2, -0.15) is 4.31 Å². The van der Waals surface area contributed by atoms with Gasteiger partial charge in [0.15, 0.2) is 6.54 Å². The van der Waals surface area contributed by atoms with Gasteiger partial charge in [-0.15, -0.1) is 0 Å². The molecule has 0 atom stereocenters. The number of carbonyl (C=O) groups excluding carboxylic acids is 2. The molecule has 1 aliphatic heterocycles. The van der Waals surface area contributed by atoms with E-state index in [4.69, 9.17) is 0 Å². The maximum Gasteiger partial charge on any atom is 0.293 e. The molecular weight excluding hydrogens is 368 g/mol. The lowest BCUT2D eigenvalue weighted by atomic mass is 10.0. The molecule has 0 spiro atoms. The summed E-state index contributed by atoms with van der Waals surface area (Å²) in [4.78, 5) is 24.0. The van der Waals surface area contributed by atoms with E-state index < -0.39 is 10.0 Å². The second-order valence-corrected chi connectivity index (χ2v) is 9.02. The number of rotatable bonds is 4. The smallest absolute Gasteiger partial charge is 0.293 e. The number of aryl methyl sites for hydroxylation is 2. The summed E-state index contributed by atoms with van der Waals surface area (Å²) in [6.45, 7) is 10.8. The van der Waals surface area contributed by atoms with E-state index in [1.165, 1.54) is 11.2 Å². The van der Waals surface area contributed by atoms with E-state index in [0.717, 1.165) is 27.2 Å². The summed E-state index contributed by atoms with van der Waals surface area (Å²) in [5, 5.41) is 0. The second-order valence-electron chi connectivity index (χ2n) is 7.15. The fraction of sp³-hybridized carbons (Fsp3) is 0.556. The molecule has 3 N–H and O–H groups in total. The average molecular weight is 398 g/mol. The third-order valence-corrected chi connectivity index (χ3v) is 7.29. The number of piperazine rings is 1. The average Bonchev–Trinajstić information content (AvgIpc) is 2.59. The van der Waals surface area contributed by atoms with Crippen LogP contribution in [0, 0.1) is 27.7 Å². The summed E-state index contributed by atoms with van der Waals surface area (Å²) < 4.78 is 28.0. The predicted octanol–water partition coefficient (Wildman–Crippen LogP) is -1.02. The number of nitrogens with zero attached hydrogens (tertiary/aromatic N) is 1. The zero-order valence-corrected chi connectivity index (χ0v) is 17.4. The van der Waals surface area contributed by atoms with Crippen LogP contribution in [0.2, 0.25) is 0 Å². The largest absolute Gasteiger partial charge is 0.325 e. The molecule has 1 saturated heterocycles. The highest BCUT2D eigenvalue weighted by Crippen LogP contribution is 2.28. The van der Waals surface area contributed by atoms with Gasteiger partial charge in [-0.3, -0.25) is 20.4 Å². The zero-order chi connectivity index (χ0) is 20.4. The van der Waals surface area contributed by atoms with Crippen molar-refractivity contribution in [3.05, 3.63) is 28.3 Å². The number of benzene rings is 1. The predicted molar refractivity (Wildman–Crippen MR) is 102 cm³/mol. The summed E-state index contributed by atoms with van der Waals surface area (Å²) in [5.74, 6) is -0.633. The monoisotopic (exact) mass is 397 g/mol. The number of amides is 2. The Hall–Kier alpha value is -1.97. The Morgan fingerprint density at radius 3 is 2.04 bits per heavy atom.